The molecule has 1 aromatic heterocycles. The van der Waals surface area contributed by atoms with Gasteiger partial charge in [0.05, 0.1) is 5.60 Å². The van der Waals surface area contributed by atoms with Gasteiger partial charge in [-0.2, -0.15) is 0 Å². The van der Waals surface area contributed by atoms with Crippen LogP contribution in [0.3, 0.4) is 0 Å². The predicted octanol–water partition coefficient (Wildman–Crippen LogP) is 6.16. The summed E-state index contributed by atoms with van der Waals surface area (Å²) in [5.41, 5.74) is 3.00. The van der Waals surface area contributed by atoms with Crippen LogP contribution in [-0.4, -0.2) is 63.2 Å². The van der Waals surface area contributed by atoms with Crippen LogP contribution in [-0.2, 0) is 41.9 Å². The molecule has 7 heteroatoms. The van der Waals surface area contributed by atoms with E-state index in [0.717, 1.165) is 31.4 Å². The summed E-state index contributed by atoms with van der Waals surface area (Å²) in [6.07, 6.45) is 7.22. The van der Waals surface area contributed by atoms with E-state index in [9.17, 15) is 5.11 Å². The number of hydrogen-bond donors (Lipinski definition) is 2. The molecule has 1 spiro atoms. The molecule has 5 heterocycles. The van der Waals surface area contributed by atoms with Gasteiger partial charge in [0.25, 0.3) is 0 Å². The van der Waals surface area contributed by atoms with E-state index in [-0.39, 0.29) is 35.4 Å². The van der Waals surface area contributed by atoms with E-state index in [1.54, 1.807) is 0 Å². The smallest absolute Gasteiger partial charge is 0.188 e. The Balaban J connectivity index is 1.13. The standard InChI is InChI=1S/C37H47NO6/c1-19(2)12-13-20-10-9-11-23-25(20)22-18-21-14-17-36(39)34(7,35(21,8)27(22)38-23)16-15-24-37(36)29(43-37)26-28(40-24)32(3,4)44-31(41-26)30-33(5,6)42-30/h9-12,15,21,26,28-31,38-39H,13-14,16-18H2,1-8H3/t21-,26?,28?,29?,30?,31?,34+,35+,36-,37?/m0/s1. The lowest BCUT2D eigenvalue weighted by atomic mass is 9.42. The van der Waals surface area contributed by atoms with Crippen molar-refractivity contribution in [3.63, 3.8) is 0 Å². The van der Waals surface area contributed by atoms with Gasteiger partial charge in [-0.3, -0.25) is 0 Å². The van der Waals surface area contributed by atoms with Crippen molar-refractivity contribution < 1.29 is 28.8 Å². The number of aromatic nitrogens is 1. The van der Waals surface area contributed by atoms with Gasteiger partial charge in [0, 0.05) is 27.4 Å². The number of epoxide rings is 2. The number of hydrogen-bond acceptors (Lipinski definition) is 6. The molecule has 44 heavy (non-hydrogen) atoms. The highest BCUT2D eigenvalue weighted by molar-refractivity contribution is 5.89. The van der Waals surface area contributed by atoms with Crippen LogP contribution in [0.15, 0.2) is 41.7 Å². The van der Waals surface area contributed by atoms with Crippen molar-refractivity contribution in [3.05, 3.63) is 58.5 Å². The molecule has 6 unspecified atom stereocenters. The van der Waals surface area contributed by atoms with Crippen LogP contribution in [0.1, 0.15) is 91.5 Å². The minimum atomic E-state index is -1.12. The second-order valence-electron chi connectivity index (χ2n) is 16.6. The zero-order valence-electron chi connectivity index (χ0n) is 27.4. The second-order valence-corrected chi connectivity index (χ2v) is 16.6. The van der Waals surface area contributed by atoms with Crippen molar-refractivity contribution in [2.75, 3.05) is 0 Å². The summed E-state index contributed by atoms with van der Waals surface area (Å²) in [6, 6.07) is 6.67. The van der Waals surface area contributed by atoms with Crippen molar-refractivity contribution in [1.29, 1.82) is 0 Å². The monoisotopic (exact) mass is 601 g/mol. The average Bonchev–Trinajstić information content (AvgIpc) is 3.78. The maximum absolute atomic E-state index is 13.3. The average molecular weight is 602 g/mol. The minimum Gasteiger partial charge on any atom is -0.486 e. The van der Waals surface area contributed by atoms with Crippen LogP contribution < -0.4 is 0 Å². The Bertz CT molecular complexity index is 1660. The SMILES string of the molecule is CC(C)=CCc1cccc2[nH]c3c(c12)C[C@@H]1CC[C@@]2(O)C45OC4C4OC(C6OC6(C)C)OC(C)(C)C4OC5=CC[C@]2(C)[C@@]31C. The molecule has 5 fully saturated rings. The second kappa shape index (κ2) is 8.21. The molecular formula is C37H47NO6. The van der Waals surface area contributed by atoms with Gasteiger partial charge in [-0.15, -0.1) is 0 Å². The summed E-state index contributed by atoms with van der Waals surface area (Å²) in [4.78, 5) is 3.93. The van der Waals surface area contributed by atoms with Gasteiger partial charge in [0.1, 0.15) is 35.3 Å². The predicted molar refractivity (Wildman–Crippen MR) is 166 cm³/mol. The first-order chi connectivity index (χ1) is 20.7. The molecule has 236 valence electrons. The maximum atomic E-state index is 13.3. The molecule has 2 aromatic rings. The van der Waals surface area contributed by atoms with E-state index >= 15 is 0 Å². The lowest BCUT2D eigenvalue weighted by molar-refractivity contribution is -0.332. The van der Waals surface area contributed by atoms with Crippen LogP contribution in [0.5, 0.6) is 0 Å². The normalized spacial score (nSPS) is 46.7. The highest BCUT2D eigenvalue weighted by Crippen LogP contribution is 2.75. The van der Waals surface area contributed by atoms with Gasteiger partial charge in [0.2, 0.25) is 0 Å². The Morgan fingerprint density at radius 3 is 2.48 bits per heavy atom. The van der Waals surface area contributed by atoms with Crippen molar-refractivity contribution in [1.82, 2.24) is 4.98 Å². The molecule has 7 nitrogen and oxygen atoms in total. The number of fused-ring (bicyclic) bond motifs is 9. The van der Waals surface area contributed by atoms with Gasteiger partial charge in [-0.25, -0.2) is 0 Å². The molecule has 10 atom stereocenters. The highest BCUT2D eigenvalue weighted by Gasteiger charge is 2.86. The summed E-state index contributed by atoms with van der Waals surface area (Å²) in [7, 11) is 0. The molecule has 4 saturated heterocycles. The quantitative estimate of drug-likeness (QED) is 0.324. The Morgan fingerprint density at radius 2 is 1.75 bits per heavy atom. The number of aromatic amines is 1. The molecule has 0 amide bonds. The zero-order valence-corrected chi connectivity index (χ0v) is 27.4. The Kier molecular flexibility index (Phi) is 5.24. The van der Waals surface area contributed by atoms with Crippen LogP contribution in [0.2, 0.25) is 0 Å². The number of rotatable bonds is 3. The summed E-state index contributed by atoms with van der Waals surface area (Å²) < 4.78 is 32.7. The van der Waals surface area contributed by atoms with Crippen LogP contribution in [0, 0.1) is 11.3 Å². The van der Waals surface area contributed by atoms with Crippen molar-refractivity contribution in [2.45, 2.75) is 146 Å². The fourth-order valence-electron chi connectivity index (χ4n) is 10.5. The van der Waals surface area contributed by atoms with E-state index < -0.39 is 28.5 Å². The summed E-state index contributed by atoms with van der Waals surface area (Å²) in [5.74, 6) is 1.21. The Hall–Kier alpha value is -2.16. The van der Waals surface area contributed by atoms with Gasteiger partial charge in [0.15, 0.2) is 18.0 Å². The third kappa shape index (κ3) is 3.12. The molecular weight excluding hydrogens is 554 g/mol. The van der Waals surface area contributed by atoms with Gasteiger partial charge in [-0.05, 0) is 103 Å². The zero-order chi connectivity index (χ0) is 30.8. The third-order valence-corrected chi connectivity index (χ3v) is 13.3. The number of H-pyrrole nitrogens is 1. The van der Waals surface area contributed by atoms with E-state index in [0.29, 0.717) is 12.3 Å². The minimum absolute atomic E-state index is 0.135. The third-order valence-electron chi connectivity index (χ3n) is 13.3. The topological polar surface area (TPSA) is 88.8 Å². The first kappa shape index (κ1) is 28.1. The lowest BCUT2D eigenvalue weighted by Gasteiger charge is -2.64. The van der Waals surface area contributed by atoms with Gasteiger partial charge in [-0.1, -0.05) is 37.6 Å². The largest absolute Gasteiger partial charge is 0.486 e. The first-order valence-electron chi connectivity index (χ1n) is 16.7. The fourth-order valence-corrected chi connectivity index (χ4v) is 10.5. The summed E-state index contributed by atoms with van der Waals surface area (Å²) >= 11 is 0. The number of nitrogens with one attached hydrogen (secondary N) is 1. The molecule has 4 aliphatic heterocycles. The summed E-state index contributed by atoms with van der Waals surface area (Å²) in [6.45, 7) is 17.3. The number of aliphatic hydroxyl groups is 1. The maximum Gasteiger partial charge on any atom is 0.188 e. The van der Waals surface area contributed by atoms with Crippen LogP contribution in [0.4, 0.5) is 0 Å². The molecule has 1 saturated carbocycles. The van der Waals surface area contributed by atoms with E-state index in [2.05, 4.69) is 90.7 Å². The fraction of sp³-hybridized carbons (Fsp3) is 0.676. The van der Waals surface area contributed by atoms with E-state index in [1.807, 2.05) is 0 Å². The van der Waals surface area contributed by atoms with E-state index in [4.69, 9.17) is 23.7 Å². The molecule has 2 N–H and O–H groups in total. The Labute approximate surface area is 260 Å². The summed E-state index contributed by atoms with van der Waals surface area (Å²) in [5, 5.41) is 14.7. The number of benzene rings is 1. The molecule has 7 aliphatic rings. The van der Waals surface area contributed by atoms with Gasteiger partial charge < -0.3 is 33.8 Å². The van der Waals surface area contributed by atoms with Crippen LogP contribution >= 0.6 is 0 Å². The number of allylic oxidation sites excluding steroid dienone is 3. The number of ether oxygens (including phenoxy) is 5. The highest BCUT2D eigenvalue weighted by atomic mass is 16.8. The molecule has 9 rings (SSSR count). The molecule has 3 aliphatic carbocycles. The van der Waals surface area contributed by atoms with Crippen molar-refractivity contribution in [2.24, 2.45) is 11.3 Å². The van der Waals surface area contributed by atoms with Crippen LogP contribution in [0.25, 0.3) is 10.9 Å². The van der Waals surface area contributed by atoms with Crippen molar-refractivity contribution >= 4 is 10.9 Å². The molecule has 0 bridgehead atoms. The van der Waals surface area contributed by atoms with E-state index in [1.165, 1.54) is 33.3 Å². The van der Waals surface area contributed by atoms with Gasteiger partial charge >= 0.3 is 0 Å². The Morgan fingerprint density at radius 1 is 1.00 bits per heavy atom. The van der Waals surface area contributed by atoms with Crippen molar-refractivity contribution in [3.8, 4) is 0 Å². The molecule has 1 aromatic carbocycles. The molecule has 0 radical (unpaired) electrons. The lowest BCUT2D eigenvalue weighted by Crippen LogP contribution is -2.74. The first-order valence-corrected chi connectivity index (χ1v) is 16.7.